The predicted octanol–water partition coefficient (Wildman–Crippen LogP) is 2.57. The van der Waals surface area contributed by atoms with Crippen LogP contribution in [0.25, 0.3) is 0 Å². The Morgan fingerprint density at radius 2 is 1.80 bits per heavy atom. The highest BCUT2D eigenvalue weighted by molar-refractivity contribution is 7.92. The number of sulfonamides is 1. The number of hydrogen-bond donors (Lipinski definition) is 3. The zero-order valence-corrected chi connectivity index (χ0v) is 11.7. The molecule has 0 bridgehead atoms. The van der Waals surface area contributed by atoms with E-state index in [1.807, 2.05) is 0 Å². The lowest BCUT2D eigenvalue weighted by molar-refractivity contribution is 0.599. The van der Waals surface area contributed by atoms with Gasteiger partial charge in [-0.2, -0.15) is 0 Å². The van der Waals surface area contributed by atoms with E-state index in [9.17, 15) is 12.8 Å². The molecule has 0 amide bonds. The van der Waals surface area contributed by atoms with E-state index < -0.39 is 15.8 Å². The number of anilines is 2. The van der Waals surface area contributed by atoms with Crippen molar-refractivity contribution in [2.24, 2.45) is 5.84 Å². The van der Waals surface area contributed by atoms with E-state index in [1.165, 1.54) is 30.3 Å². The summed E-state index contributed by atoms with van der Waals surface area (Å²) in [6.07, 6.45) is 0. The van der Waals surface area contributed by atoms with Crippen LogP contribution in [-0.2, 0) is 10.0 Å². The van der Waals surface area contributed by atoms with Gasteiger partial charge in [0.15, 0.2) is 0 Å². The van der Waals surface area contributed by atoms with Crippen molar-refractivity contribution in [3.8, 4) is 0 Å². The molecule has 20 heavy (non-hydrogen) atoms. The fourth-order valence-electron chi connectivity index (χ4n) is 1.59. The molecule has 0 heterocycles. The van der Waals surface area contributed by atoms with Gasteiger partial charge in [-0.15, -0.1) is 0 Å². The number of rotatable bonds is 4. The molecule has 0 radical (unpaired) electrons. The summed E-state index contributed by atoms with van der Waals surface area (Å²) < 4.78 is 40.2. The van der Waals surface area contributed by atoms with Crippen molar-refractivity contribution in [3.63, 3.8) is 0 Å². The molecular formula is C12H11ClFN3O2S. The molecule has 2 aromatic rings. The number of para-hydroxylation sites is 1. The second-order valence-corrected chi connectivity index (χ2v) is 5.96. The van der Waals surface area contributed by atoms with Crippen molar-refractivity contribution in [2.45, 2.75) is 4.90 Å². The lowest BCUT2D eigenvalue weighted by Crippen LogP contribution is -2.18. The maximum absolute atomic E-state index is 13.6. The lowest BCUT2D eigenvalue weighted by Gasteiger charge is -2.12. The Bertz CT molecular complexity index is 737. The van der Waals surface area contributed by atoms with Crippen LogP contribution in [0.4, 0.5) is 15.8 Å². The van der Waals surface area contributed by atoms with Gasteiger partial charge in [0.2, 0.25) is 0 Å². The minimum absolute atomic E-state index is 0.0862. The third kappa shape index (κ3) is 3.01. The molecule has 0 aliphatic heterocycles. The molecule has 0 saturated carbocycles. The molecular weight excluding hydrogens is 305 g/mol. The van der Waals surface area contributed by atoms with Crippen molar-refractivity contribution in [2.75, 3.05) is 10.1 Å². The van der Waals surface area contributed by atoms with Crippen LogP contribution in [0.2, 0.25) is 5.02 Å². The largest absolute Gasteiger partial charge is 0.323 e. The maximum atomic E-state index is 13.6. The second kappa shape index (κ2) is 5.66. The predicted molar refractivity (Wildman–Crippen MR) is 76.5 cm³/mol. The zero-order chi connectivity index (χ0) is 14.8. The molecule has 5 nitrogen and oxygen atoms in total. The van der Waals surface area contributed by atoms with Crippen LogP contribution in [0.5, 0.6) is 0 Å². The Morgan fingerprint density at radius 1 is 1.10 bits per heavy atom. The van der Waals surface area contributed by atoms with Gasteiger partial charge in [0, 0.05) is 5.02 Å². The average Bonchev–Trinajstić information content (AvgIpc) is 2.42. The summed E-state index contributed by atoms with van der Waals surface area (Å²) in [6, 6.07) is 9.65. The standard InChI is InChI=1S/C12H11ClFN3O2S/c13-8-5-6-10(9(14)7-8)17-20(18,19)12-4-2-1-3-11(12)16-15/h1-7,16-17H,15H2. The molecule has 0 fully saturated rings. The highest BCUT2D eigenvalue weighted by Crippen LogP contribution is 2.25. The van der Waals surface area contributed by atoms with E-state index in [0.717, 1.165) is 6.07 Å². The zero-order valence-electron chi connectivity index (χ0n) is 10.1. The van der Waals surface area contributed by atoms with Crippen molar-refractivity contribution < 1.29 is 12.8 Å². The van der Waals surface area contributed by atoms with E-state index in [0.29, 0.717) is 0 Å². The molecule has 2 rings (SSSR count). The van der Waals surface area contributed by atoms with Crippen LogP contribution >= 0.6 is 11.6 Å². The number of benzene rings is 2. The first-order chi connectivity index (χ1) is 9.44. The van der Waals surface area contributed by atoms with Crippen LogP contribution < -0.4 is 16.0 Å². The summed E-state index contributed by atoms with van der Waals surface area (Å²) >= 11 is 5.61. The Balaban J connectivity index is 2.41. The molecule has 0 saturated heterocycles. The summed E-state index contributed by atoms with van der Waals surface area (Å²) in [5.74, 6) is 4.49. The van der Waals surface area contributed by atoms with E-state index in [4.69, 9.17) is 17.4 Å². The van der Waals surface area contributed by atoms with Gasteiger partial charge >= 0.3 is 0 Å². The molecule has 106 valence electrons. The molecule has 0 aliphatic rings. The van der Waals surface area contributed by atoms with Crippen molar-refractivity contribution in [1.82, 2.24) is 0 Å². The first-order valence-corrected chi connectivity index (χ1v) is 7.33. The van der Waals surface area contributed by atoms with Crippen LogP contribution in [0.1, 0.15) is 0 Å². The number of hydrogen-bond acceptors (Lipinski definition) is 4. The van der Waals surface area contributed by atoms with Gasteiger partial charge < -0.3 is 5.43 Å². The molecule has 4 N–H and O–H groups in total. The Kier molecular flexibility index (Phi) is 4.12. The van der Waals surface area contributed by atoms with Gasteiger partial charge in [-0.3, -0.25) is 10.6 Å². The number of hydrazine groups is 1. The van der Waals surface area contributed by atoms with E-state index in [1.54, 1.807) is 6.07 Å². The number of nitrogen functional groups attached to an aromatic ring is 1. The fourth-order valence-corrected chi connectivity index (χ4v) is 2.99. The van der Waals surface area contributed by atoms with E-state index >= 15 is 0 Å². The van der Waals surface area contributed by atoms with Gasteiger partial charge in [-0.05, 0) is 30.3 Å². The summed E-state index contributed by atoms with van der Waals surface area (Å²) in [6.45, 7) is 0. The molecule has 2 aromatic carbocycles. The summed E-state index contributed by atoms with van der Waals surface area (Å²) in [5.41, 5.74) is 2.29. The van der Waals surface area contributed by atoms with Gasteiger partial charge in [0.25, 0.3) is 10.0 Å². The number of nitrogens with one attached hydrogen (secondary N) is 2. The van der Waals surface area contributed by atoms with Crippen molar-refractivity contribution in [1.29, 1.82) is 0 Å². The number of halogens is 2. The molecule has 0 aliphatic carbocycles. The highest BCUT2D eigenvalue weighted by Gasteiger charge is 2.19. The lowest BCUT2D eigenvalue weighted by atomic mass is 10.3. The van der Waals surface area contributed by atoms with E-state index in [2.05, 4.69) is 10.1 Å². The highest BCUT2D eigenvalue weighted by atomic mass is 35.5. The summed E-state index contributed by atoms with van der Waals surface area (Å²) in [5, 5.41) is 0.175. The Labute approximate surface area is 120 Å². The molecule has 0 spiro atoms. The smallest absolute Gasteiger partial charge is 0.264 e. The molecule has 0 unspecified atom stereocenters. The molecule has 0 aromatic heterocycles. The molecule has 0 atom stereocenters. The maximum Gasteiger partial charge on any atom is 0.264 e. The minimum Gasteiger partial charge on any atom is -0.323 e. The second-order valence-electron chi connectivity index (χ2n) is 3.87. The Hall–Kier alpha value is -1.83. The summed E-state index contributed by atoms with van der Waals surface area (Å²) in [7, 11) is -3.97. The third-order valence-corrected chi connectivity index (χ3v) is 4.17. The average molecular weight is 316 g/mol. The van der Waals surface area contributed by atoms with Gasteiger partial charge in [-0.25, -0.2) is 12.8 Å². The first kappa shape index (κ1) is 14.6. The minimum atomic E-state index is -3.97. The van der Waals surface area contributed by atoms with Gasteiger partial charge in [0.1, 0.15) is 10.7 Å². The third-order valence-electron chi connectivity index (χ3n) is 2.51. The van der Waals surface area contributed by atoms with Crippen LogP contribution in [0.3, 0.4) is 0 Å². The van der Waals surface area contributed by atoms with Crippen molar-refractivity contribution >= 4 is 33.0 Å². The quantitative estimate of drug-likeness (QED) is 0.598. The van der Waals surface area contributed by atoms with Gasteiger partial charge in [-0.1, -0.05) is 23.7 Å². The SMILES string of the molecule is NNc1ccccc1S(=O)(=O)Nc1ccc(Cl)cc1F. The fraction of sp³-hybridized carbons (Fsp3) is 0. The van der Waals surface area contributed by atoms with Crippen LogP contribution in [0, 0.1) is 5.82 Å². The summed E-state index contributed by atoms with van der Waals surface area (Å²) in [4.78, 5) is -0.0862. The van der Waals surface area contributed by atoms with Crippen LogP contribution in [-0.4, -0.2) is 8.42 Å². The molecule has 8 heteroatoms. The first-order valence-electron chi connectivity index (χ1n) is 5.47. The van der Waals surface area contributed by atoms with Crippen LogP contribution in [0.15, 0.2) is 47.4 Å². The van der Waals surface area contributed by atoms with Crippen molar-refractivity contribution in [3.05, 3.63) is 53.3 Å². The number of nitrogens with two attached hydrogens (primary N) is 1. The monoisotopic (exact) mass is 315 g/mol. The topological polar surface area (TPSA) is 84.2 Å². The van der Waals surface area contributed by atoms with Gasteiger partial charge in [0.05, 0.1) is 11.4 Å². The Morgan fingerprint density at radius 3 is 2.45 bits per heavy atom. The van der Waals surface area contributed by atoms with E-state index in [-0.39, 0.29) is 21.3 Å². The normalized spacial score (nSPS) is 11.2.